The number of halogens is 1. The van der Waals surface area contributed by atoms with Crippen molar-refractivity contribution in [2.75, 3.05) is 0 Å². The number of rotatable bonds is 6. The number of benzene rings is 1. The highest BCUT2D eigenvalue weighted by molar-refractivity contribution is 6.30. The molecule has 0 fully saturated rings. The lowest BCUT2D eigenvalue weighted by molar-refractivity contribution is 0.467. The molecule has 0 amide bonds. The van der Waals surface area contributed by atoms with Crippen LogP contribution in [-0.2, 0) is 6.54 Å². The van der Waals surface area contributed by atoms with Crippen LogP contribution in [-0.4, -0.2) is 20.0 Å². The monoisotopic (exact) mass is 381 g/mol. The van der Waals surface area contributed by atoms with Crippen molar-refractivity contribution in [3.05, 3.63) is 76.9 Å². The SMILES string of the molecule is Cc1c(C(C)NCc2ccc(-c3ccn[nH]3)o2)cnn1-c1ccc(Cl)cc1. The van der Waals surface area contributed by atoms with Crippen LogP contribution in [0.3, 0.4) is 0 Å². The number of nitrogens with one attached hydrogen (secondary N) is 2. The van der Waals surface area contributed by atoms with Crippen molar-refractivity contribution in [3.8, 4) is 17.1 Å². The molecular weight excluding hydrogens is 362 g/mol. The fraction of sp³-hybridized carbons (Fsp3) is 0.200. The Morgan fingerprint density at radius 1 is 1.19 bits per heavy atom. The molecule has 0 bridgehead atoms. The molecule has 3 heterocycles. The Bertz CT molecular complexity index is 1020. The van der Waals surface area contributed by atoms with Gasteiger partial charge in [0, 0.05) is 28.5 Å². The zero-order valence-electron chi connectivity index (χ0n) is 15.1. The minimum Gasteiger partial charge on any atom is -0.458 e. The molecule has 0 aliphatic carbocycles. The highest BCUT2D eigenvalue weighted by Crippen LogP contribution is 2.23. The van der Waals surface area contributed by atoms with E-state index in [9.17, 15) is 0 Å². The number of hydrogen-bond donors (Lipinski definition) is 2. The summed E-state index contributed by atoms with van der Waals surface area (Å²) in [7, 11) is 0. The normalized spacial score (nSPS) is 12.4. The van der Waals surface area contributed by atoms with Gasteiger partial charge in [0.25, 0.3) is 0 Å². The molecule has 1 atom stereocenters. The van der Waals surface area contributed by atoms with Crippen LogP contribution in [0.4, 0.5) is 0 Å². The van der Waals surface area contributed by atoms with E-state index in [0.29, 0.717) is 11.6 Å². The van der Waals surface area contributed by atoms with E-state index in [2.05, 4.69) is 34.5 Å². The van der Waals surface area contributed by atoms with E-state index in [1.807, 2.05) is 53.3 Å². The third kappa shape index (κ3) is 3.67. The Morgan fingerprint density at radius 2 is 2.00 bits per heavy atom. The predicted octanol–water partition coefficient (Wildman–Crippen LogP) is 4.67. The fourth-order valence-electron chi connectivity index (χ4n) is 3.06. The van der Waals surface area contributed by atoms with Crippen LogP contribution in [0.15, 0.2) is 59.3 Å². The second-order valence-corrected chi connectivity index (χ2v) is 6.85. The first-order chi connectivity index (χ1) is 13.1. The Hall–Kier alpha value is -2.83. The summed E-state index contributed by atoms with van der Waals surface area (Å²) in [6.45, 7) is 4.81. The van der Waals surface area contributed by atoms with Crippen molar-refractivity contribution in [2.24, 2.45) is 0 Å². The number of aromatic nitrogens is 4. The van der Waals surface area contributed by atoms with E-state index in [1.54, 1.807) is 6.20 Å². The lowest BCUT2D eigenvalue weighted by atomic mass is 10.1. The molecule has 0 aliphatic rings. The smallest absolute Gasteiger partial charge is 0.152 e. The van der Waals surface area contributed by atoms with Gasteiger partial charge in [0.1, 0.15) is 11.5 Å². The summed E-state index contributed by atoms with van der Waals surface area (Å²) in [5.74, 6) is 1.65. The Morgan fingerprint density at radius 3 is 2.74 bits per heavy atom. The Kier molecular flexibility index (Phi) is 4.83. The molecule has 27 heavy (non-hydrogen) atoms. The van der Waals surface area contributed by atoms with E-state index >= 15 is 0 Å². The molecule has 1 unspecified atom stereocenters. The molecule has 7 heteroatoms. The van der Waals surface area contributed by atoms with Gasteiger partial charge >= 0.3 is 0 Å². The molecule has 1 aromatic carbocycles. The summed E-state index contributed by atoms with van der Waals surface area (Å²) >= 11 is 5.97. The lowest BCUT2D eigenvalue weighted by Crippen LogP contribution is -2.18. The van der Waals surface area contributed by atoms with Crippen LogP contribution in [0, 0.1) is 6.92 Å². The molecule has 138 valence electrons. The van der Waals surface area contributed by atoms with Gasteiger partial charge in [-0.05, 0) is 56.3 Å². The number of nitrogens with zero attached hydrogens (tertiary/aromatic N) is 3. The number of furan rings is 1. The summed E-state index contributed by atoms with van der Waals surface area (Å²) in [6.07, 6.45) is 3.61. The summed E-state index contributed by atoms with van der Waals surface area (Å²) < 4.78 is 7.79. The average Bonchev–Trinajstić information content (AvgIpc) is 3.41. The van der Waals surface area contributed by atoms with Gasteiger partial charge in [-0.15, -0.1) is 0 Å². The molecule has 0 radical (unpaired) electrons. The minimum absolute atomic E-state index is 0.131. The second kappa shape index (κ2) is 7.42. The van der Waals surface area contributed by atoms with Gasteiger partial charge in [0.2, 0.25) is 0 Å². The Balaban J connectivity index is 1.44. The van der Waals surface area contributed by atoms with E-state index in [4.69, 9.17) is 16.0 Å². The minimum atomic E-state index is 0.131. The highest BCUT2D eigenvalue weighted by atomic mass is 35.5. The molecule has 0 saturated carbocycles. The van der Waals surface area contributed by atoms with Crippen LogP contribution in [0.1, 0.15) is 30.0 Å². The van der Waals surface area contributed by atoms with Gasteiger partial charge in [-0.3, -0.25) is 5.10 Å². The van der Waals surface area contributed by atoms with Crippen LogP contribution in [0.2, 0.25) is 5.02 Å². The summed E-state index contributed by atoms with van der Waals surface area (Å²) in [5.41, 5.74) is 4.10. The molecule has 6 nitrogen and oxygen atoms in total. The van der Waals surface area contributed by atoms with Gasteiger partial charge in [-0.25, -0.2) is 4.68 Å². The Labute approximate surface area is 162 Å². The maximum absolute atomic E-state index is 5.97. The van der Waals surface area contributed by atoms with Crippen molar-refractivity contribution in [1.29, 1.82) is 0 Å². The van der Waals surface area contributed by atoms with Crippen LogP contribution in [0.25, 0.3) is 17.1 Å². The molecule has 3 aromatic heterocycles. The van der Waals surface area contributed by atoms with Crippen molar-refractivity contribution >= 4 is 11.6 Å². The first-order valence-corrected chi connectivity index (χ1v) is 9.12. The largest absolute Gasteiger partial charge is 0.458 e. The van der Waals surface area contributed by atoms with Gasteiger partial charge in [0.15, 0.2) is 5.76 Å². The molecule has 0 spiro atoms. The molecule has 4 rings (SSSR count). The summed E-state index contributed by atoms with van der Waals surface area (Å²) in [5, 5.41) is 15.6. The third-order valence-electron chi connectivity index (χ3n) is 4.60. The molecule has 0 saturated heterocycles. The van der Waals surface area contributed by atoms with Crippen molar-refractivity contribution in [3.63, 3.8) is 0 Å². The first kappa shape index (κ1) is 17.6. The molecule has 2 N–H and O–H groups in total. The van der Waals surface area contributed by atoms with Crippen molar-refractivity contribution in [1.82, 2.24) is 25.3 Å². The number of hydrogen-bond acceptors (Lipinski definition) is 4. The lowest BCUT2D eigenvalue weighted by Gasteiger charge is -2.13. The highest BCUT2D eigenvalue weighted by Gasteiger charge is 2.15. The zero-order valence-corrected chi connectivity index (χ0v) is 15.9. The second-order valence-electron chi connectivity index (χ2n) is 6.41. The molecule has 4 aromatic rings. The first-order valence-electron chi connectivity index (χ1n) is 8.74. The van der Waals surface area contributed by atoms with Gasteiger partial charge in [-0.2, -0.15) is 10.2 Å². The van der Waals surface area contributed by atoms with E-state index < -0.39 is 0 Å². The molecule has 0 aliphatic heterocycles. The van der Waals surface area contributed by atoms with E-state index in [0.717, 1.165) is 34.2 Å². The van der Waals surface area contributed by atoms with E-state index in [-0.39, 0.29) is 6.04 Å². The van der Waals surface area contributed by atoms with Crippen LogP contribution >= 0.6 is 11.6 Å². The van der Waals surface area contributed by atoms with Gasteiger partial charge in [0.05, 0.1) is 18.4 Å². The van der Waals surface area contributed by atoms with Crippen LogP contribution < -0.4 is 5.32 Å². The quantitative estimate of drug-likeness (QED) is 0.509. The van der Waals surface area contributed by atoms with Crippen molar-refractivity contribution in [2.45, 2.75) is 26.4 Å². The maximum Gasteiger partial charge on any atom is 0.152 e. The average molecular weight is 382 g/mol. The predicted molar refractivity (Wildman–Crippen MR) is 105 cm³/mol. The maximum atomic E-state index is 5.97. The van der Waals surface area contributed by atoms with E-state index in [1.165, 1.54) is 0 Å². The zero-order chi connectivity index (χ0) is 18.8. The topological polar surface area (TPSA) is 71.7 Å². The third-order valence-corrected chi connectivity index (χ3v) is 4.85. The van der Waals surface area contributed by atoms with Gasteiger partial charge in [-0.1, -0.05) is 11.6 Å². The number of H-pyrrole nitrogens is 1. The summed E-state index contributed by atoms with van der Waals surface area (Å²) in [4.78, 5) is 0. The molecular formula is C20H20ClN5O. The van der Waals surface area contributed by atoms with Gasteiger partial charge < -0.3 is 9.73 Å². The summed E-state index contributed by atoms with van der Waals surface area (Å²) in [6, 6.07) is 13.6. The fourth-order valence-corrected chi connectivity index (χ4v) is 3.19. The van der Waals surface area contributed by atoms with Crippen molar-refractivity contribution < 1.29 is 4.42 Å². The standard InChI is InChI=1S/C20H20ClN5O/c1-13(22-11-17-7-8-20(27-17)19-9-10-23-25-19)18-12-24-26(14(18)2)16-5-3-15(21)4-6-16/h3-10,12-13,22H,11H2,1-2H3,(H,23,25). The number of aromatic amines is 1. The van der Waals surface area contributed by atoms with Crippen LogP contribution in [0.5, 0.6) is 0 Å².